The molecule has 0 saturated heterocycles. The van der Waals surface area contributed by atoms with Crippen LogP contribution in [0.2, 0.25) is 0 Å². The Bertz CT molecular complexity index is 3020. The summed E-state index contributed by atoms with van der Waals surface area (Å²) < 4.78 is 23.6. The number of rotatable bonds is 26. The summed E-state index contributed by atoms with van der Waals surface area (Å²) in [6, 6.07) is 67.9. The molecule has 372 valence electrons. The Balaban J connectivity index is 0.000000217. The van der Waals surface area contributed by atoms with Crippen molar-refractivity contribution >= 4 is 34.7 Å². The Morgan fingerprint density at radius 1 is 0.324 bits per heavy atom. The first-order valence-electron chi connectivity index (χ1n) is 24.5. The first-order valence-corrected chi connectivity index (χ1v) is 24.5. The van der Waals surface area contributed by atoms with Crippen molar-refractivity contribution in [3.63, 3.8) is 0 Å². The van der Waals surface area contributed by atoms with Crippen LogP contribution < -0.4 is 18.9 Å². The molecule has 8 rings (SSSR count). The summed E-state index contributed by atoms with van der Waals surface area (Å²) in [4.78, 5) is 76.8. The lowest BCUT2D eigenvalue weighted by molar-refractivity contribution is -0.125. The Kier molecular flexibility index (Phi) is 20.1. The molecule has 0 amide bonds. The lowest BCUT2D eigenvalue weighted by Crippen LogP contribution is -2.34. The molecule has 10 heteroatoms. The summed E-state index contributed by atoms with van der Waals surface area (Å²) in [5, 5.41) is 0. The molecule has 0 aliphatic rings. The molecule has 0 aromatic heterocycles. The van der Waals surface area contributed by atoms with Gasteiger partial charge < -0.3 is 18.9 Å². The molecule has 0 saturated carbocycles. The number of Topliss-reactive ketones (excluding diaryl/α,β-unsaturated/α-hetero) is 6. The predicted octanol–water partition coefficient (Wildman–Crippen LogP) is 12.3. The Morgan fingerprint density at radius 3 is 1.14 bits per heavy atom. The maximum atomic E-state index is 13.1. The molecule has 8 aromatic carbocycles. The molecular formula is C64H56O10. The molecule has 0 aliphatic heterocycles. The molecule has 10 nitrogen and oxygen atoms in total. The van der Waals surface area contributed by atoms with Crippen LogP contribution in [-0.2, 0) is 22.4 Å². The molecule has 0 N–H and O–H groups in total. The zero-order valence-corrected chi connectivity index (χ0v) is 40.8. The van der Waals surface area contributed by atoms with Gasteiger partial charge in [0.15, 0.2) is 23.8 Å². The van der Waals surface area contributed by atoms with Crippen molar-refractivity contribution < 1.29 is 47.7 Å². The Labute approximate surface area is 431 Å². The highest BCUT2D eigenvalue weighted by Gasteiger charge is 2.28. The van der Waals surface area contributed by atoms with Gasteiger partial charge in [0, 0.05) is 35.1 Å². The number of ketones is 6. The summed E-state index contributed by atoms with van der Waals surface area (Å²) in [6.45, 7) is 0.834. The molecule has 2 unspecified atom stereocenters. The second kappa shape index (κ2) is 28.1. The molecule has 2 atom stereocenters. The van der Waals surface area contributed by atoms with Crippen LogP contribution in [0.25, 0.3) is 0 Å². The quantitative estimate of drug-likeness (QED) is 0.0293. The maximum Gasteiger partial charge on any atom is 0.243 e. The molecule has 0 aliphatic carbocycles. The van der Waals surface area contributed by atoms with Crippen molar-refractivity contribution in [2.45, 2.75) is 50.7 Å². The fourth-order valence-corrected chi connectivity index (χ4v) is 7.74. The van der Waals surface area contributed by atoms with E-state index in [2.05, 4.69) is 0 Å². The van der Waals surface area contributed by atoms with Crippen molar-refractivity contribution in [1.82, 2.24) is 0 Å². The van der Waals surface area contributed by atoms with E-state index < -0.39 is 35.3 Å². The number of carbonyl (C=O) groups excluding carboxylic acids is 6. The van der Waals surface area contributed by atoms with Crippen LogP contribution in [0.3, 0.4) is 0 Å². The van der Waals surface area contributed by atoms with E-state index in [1.165, 1.54) is 24.3 Å². The summed E-state index contributed by atoms with van der Waals surface area (Å²) in [5.74, 6) is -0.114. The maximum absolute atomic E-state index is 13.1. The van der Waals surface area contributed by atoms with Crippen molar-refractivity contribution in [3.05, 3.63) is 264 Å². The number of ether oxygens (including phenoxy) is 4. The van der Waals surface area contributed by atoms with Gasteiger partial charge in [0.25, 0.3) is 0 Å². The van der Waals surface area contributed by atoms with Gasteiger partial charge in [0.1, 0.15) is 23.0 Å². The van der Waals surface area contributed by atoms with Crippen LogP contribution in [0.4, 0.5) is 0 Å². The van der Waals surface area contributed by atoms with Crippen molar-refractivity contribution in [3.8, 4) is 23.0 Å². The van der Waals surface area contributed by atoms with Crippen molar-refractivity contribution in [2.24, 2.45) is 0 Å². The lowest BCUT2D eigenvalue weighted by atomic mass is 10.0. The normalized spacial score (nSPS) is 11.4. The fourth-order valence-electron chi connectivity index (χ4n) is 7.74. The van der Waals surface area contributed by atoms with E-state index >= 15 is 0 Å². The van der Waals surface area contributed by atoms with Gasteiger partial charge in [-0.1, -0.05) is 158 Å². The standard InChI is InChI=1S/C32H26O6.C32H30O4/c33-29(23-11-4-1-5-12-23)30(34)25-18-20-27(21-19-25)38-28(17-10-22-37-26-15-8-3-9-16-26)32(36)31(35)24-13-6-2-7-14-24;33-30(23-25-11-4-1-5-12-25)27-18-20-29(21-19-27)36-32(31(34)24-26-13-6-2-7-14-26)17-10-22-35-28-15-8-3-9-16-28/h1-9,11-16,18-21,28H,10,17,22H2;1-9,11-16,18-21,32H,10,17,22-24H2. The number of hydrogen-bond donors (Lipinski definition) is 0. The van der Waals surface area contributed by atoms with E-state index in [-0.39, 0.29) is 29.1 Å². The molecule has 74 heavy (non-hydrogen) atoms. The molecule has 0 radical (unpaired) electrons. The third kappa shape index (κ3) is 16.5. The number of carbonyl (C=O) groups is 6. The first kappa shape index (κ1) is 52.8. The first-order chi connectivity index (χ1) is 36.2. The van der Waals surface area contributed by atoms with Crippen LogP contribution in [0.15, 0.2) is 231 Å². The van der Waals surface area contributed by atoms with Crippen molar-refractivity contribution in [1.29, 1.82) is 0 Å². The summed E-state index contributed by atoms with van der Waals surface area (Å²) in [7, 11) is 0. The SMILES string of the molecule is O=C(C(=O)c1ccc(OC(CCCOc2ccccc2)C(=O)C(=O)c2ccccc2)cc1)c1ccccc1.O=C(Cc1ccccc1)c1ccc(OC(CCCOc2ccccc2)C(=O)Cc2ccccc2)cc1. The largest absolute Gasteiger partial charge is 0.494 e. The van der Waals surface area contributed by atoms with E-state index in [4.69, 9.17) is 18.9 Å². The van der Waals surface area contributed by atoms with E-state index in [1.807, 2.05) is 121 Å². The van der Waals surface area contributed by atoms with Crippen molar-refractivity contribution in [2.75, 3.05) is 13.2 Å². The smallest absolute Gasteiger partial charge is 0.243 e. The van der Waals surface area contributed by atoms with Gasteiger partial charge in [-0.15, -0.1) is 0 Å². The summed E-state index contributed by atoms with van der Waals surface area (Å²) in [5.41, 5.74) is 3.35. The number of benzene rings is 8. The third-order valence-electron chi connectivity index (χ3n) is 11.7. The predicted molar refractivity (Wildman–Crippen MR) is 285 cm³/mol. The Hall–Kier alpha value is -9.02. The lowest BCUT2D eigenvalue weighted by Gasteiger charge is -2.19. The molecule has 0 heterocycles. The average Bonchev–Trinajstić information content (AvgIpc) is 3.46. The van der Waals surface area contributed by atoms with Gasteiger partial charge in [0.05, 0.1) is 13.2 Å². The van der Waals surface area contributed by atoms with E-state index in [0.29, 0.717) is 73.7 Å². The highest BCUT2D eigenvalue weighted by molar-refractivity contribution is 6.49. The van der Waals surface area contributed by atoms with Gasteiger partial charge in [-0.05, 0) is 110 Å². The van der Waals surface area contributed by atoms with Crippen LogP contribution in [0.1, 0.15) is 78.2 Å². The minimum Gasteiger partial charge on any atom is -0.494 e. The topological polar surface area (TPSA) is 139 Å². The van der Waals surface area contributed by atoms with Gasteiger partial charge in [0.2, 0.25) is 23.1 Å². The van der Waals surface area contributed by atoms with Gasteiger partial charge >= 0.3 is 0 Å². The fraction of sp³-hybridized carbons (Fsp3) is 0.156. The third-order valence-corrected chi connectivity index (χ3v) is 11.7. The van der Waals surface area contributed by atoms with Gasteiger partial charge in [-0.2, -0.15) is 0 Å². The van der Waals surface area contributed by atoms with Crippen LogP contribution in [0, 0.1) is 0 Å². The summed E-state index contributed by atoms with van der Waals surface area (Å²) >= 11 is 0. The summed E-state index contributed by atoms with van der Waals surface area (Å²) in [6.07, 6.45) is 0.928. The second-order valence-electron chi connectivity index (χ2n) is 17.2. The highest BCUT2D eigenvalue weighted by Crippen LogP contribution is 2.22. The van der Waals surface area contributed by atoms with E-state index in [1.54, 1.807) is 84.9 Å². The molecule has 0 bridgehead atoms. The van der Waals surface area contributed by atoms with Crippen LogP contribution in [-0.4, -0.2) is 60.1 Å². The molecule has 0 spiro atoms. The number of para-hydroxylation sites is 2. The van der Waals surface area contributed by atoms with Gasteiger partial charge in [-0.3, -0.25) is 28.8 Å². The molecule has 0 fully saturated rings. The van der Waals surface area contributed by atoms with E-state index in [9.17, 15) is 28.8 Å². The van der Waals surface area contributed by atoms with E-state index in [0.717, 1.165) is 16.9 Å². The minimum absolute atomic E-state index is 0.0186. The zero-order valence-electron chi connectivity index (χ0n) is 40.8. The minimum atomic E-state index is -1.05. The molecule has 8 aromatic rings. The average molecular weight is 985 g/mol. The number of hydrogen-bond acceptors (Lipinski definition) is 10. The van der Waals surface area contributed by atoms with Crippen LogP contribution in [0.5, 0.6) is 23.0 Å². The second-order valence-corrected chi connectivity index (χ2v) is 17.2. The zero-order chi connectivity index (χ0) is 51.7. The monoisotopic (exact) mass is 984 g/mol. The molecular weight excluding hydrogens is 929 g/mol. The Morgan fingerprint density at radius 2 is 0.676 bits per heavy atom. The van der Waals surface area contributed by atoms with Gasteiger partial charge in [-0.25, -0.2) is 0 Å². The van der Waals surface area contributed by atoms with Crippen LogP contribution >= 0.6 is 0 Å². The highest BCUT2D eigenvalue weighted by atomic mass is 16.5.